The second-order valence-electron chi connectivity index (χ2n) is 4.85. The lowest BCUT2D eigenvalue weighted by Crippen LogP contribution is -2.17. The van der Waals surface area contributed by atoms with Gasteiger partial charge in [0, 0.05) is 10.0 Å². The maximum absolute atomic E-state index is 12.3. The van der Waals surface area contributed by atoms with Crippen molar-refractivity contribution in [2.24, 2.45) is 5.14 Å². The van der Waals surface area contributed by atoms with Gasteiger partial charge < -0.3 is 10.1 Å². The number of carbonyl (C=O) groups is 1. The number of nitrogens with one attached hydrogen (secondary N) is 1. The molecule has 3 N–H and O–H groups in total. The Balaban J connectivity index is 2.36. The van der Waals surface area contributed by atoms with E-state index in [2.05, 4.69) is 21.2 Å². The van der Waals surface area contributed by atoms with E-state index >= 15 is 0 Å². The smallest absolute Gasteiger partial charge is 0.255 e. The molecule has 8 heteroatoms. The average molecular weight is 399 g/mol. The minimum Gasteiger partial charge on any atom is -0.495 e. The first-order valence-electron chi connectivity index (χ1n) is 6.50. The molecule has 23 heavy (non-hydrogen) atoms. The molecule has 0 saturated carbocycles. The zero-order chi connectivity index (χ0) is 17.2. The molecule has 0 aliphatic rings. The molecule has 0 saturated heterocycles. The largest absolute Gasteiger partial charge is 0.495 e. The first-order valence-corrected chi connectivity index (χ1v) is 8.84. The van der Waals surface area contributed by atoms with Gasteiger partial charge in [0.15, 0.2) is 0 Å². The van der Waals surface area contributed by atoms with Crippen molar-refractivity contribution >= 4 is 37.5 Å². The summed E-state index contributed by atoms with van der Waals surface area (Å²) in [6, 6.07) is 9.50. The number of benzene rings is 2. The van der Waals surface area contributed by atoms with Crippen LogP contribution in [-0.2, 0) is 10.0 Å². The Morgan fingerprint density at radius 1 is 1.22 bits per heavy atom. The van der Waals surface area contributed by atoms with Crippen LogP contribution in [0.2, 0.25) is 0 Å². The number of ether oxygens (including phenoxy) is 1. The van der Waals surface area contributed by atoms with E-state index in [0.717, 1.165) is 10.0 Å². The van der Waals surface area contributed by atoms with Gasteiger partial charge in [-0.3, -0.25) is 4.79 Å². The number of amides is 1. The van der Waals surface area contributed by atoms with Gasteiger partial charge in [-0.25, -0.2) is 13.6 Å². The first kappa shape index (κ1) is 17.5. The molecule has 0 aliphatic carbocycles. The number of sulfonamides is 1. The number of primary sulfonamides is 1. The molecular weight excluding hydrogens is 384 g/mol. The van der Waals surface area contributed by atoms with Gasteiger partial charge in [0.2, 0.25) is 10.0 Å². The molecular formula is C15H15BrN2O4S. The maximum atomic E-state index is 12.3. The van der Waals surface area contributed by atoms with Gasteiger partial charge >= 0.3 is 0 Å². The Labute approximate surface area is 142 Å². The number of aryl methyl sites for hydroxylation is 1. The lowest BCUT2D eigenvalue weighted by atomic mass is 10.2. The van der Waals surface area contributed by atoms with Crippen molar-refractivity contribution in [3.63, 3.8) is 0 Å². The van der Waals surface area contributed by atoms with E-state index in [-0.39, 0.29) is 16.2 Å². The van der Waals surface area contributed by atoms with Gasteiger partial charge in [-0.05, 0) is 58.7 Å². The van der Waals surface area contributed by atoms with Gasteiger partial charge in [0.05, 0.1) is 12.8 Å². The van der Waals surface area contributed by atoms with Gasteiger partial charge in [-0.1, -0.05) is 6.07 Å². The minimum absolute atomic E-state index is 0.0839. The van der Waals surface area contributed by atoms with Crippen molar-refractivity contribution in [1.29, 1.82) is 0 Å². The van der Waals surface area contributed by atoms with Crippen LogP contribution in [0.4, 0.5) is 5.69 Å². The minimum atomic E-state index is -4.00. The van der Waals surface area contributed by atoms with Crippen LogP contribution in [0.15, 0.2) is 45.8 Å². The van der Waals surface area contributed by atoms with E-state index in [0.29, 0.717) is 5.69 Å². The summed E-state index contributed by atoms with van der Waals surface area (Å²) < 4.78 is 28.9. The molecule has 0 spiro atoms. The molecule has 0 fully saturated rings. The summed E-state index contributed by atoms with van der Waals surface area (Å²) in [5.41, 5.74) is 1.77. The van der Waals surface area contributed by atoms with Crippen LogP contribution in [0.1, 0.15) is 15.9 Å². The zero-order valence-corrected chi connectivity index (χ0v) is 14.9. The topological polar surface area (TPSA) is 98.5 Å². The third-order valence-electron chi connectivity index (χ3n) is 3.11. The fourth-order valence-electron chi connectivity index (χ4n) is 1.96. The molecule has 122 valence electrons. The zero-order valence-electron chi connectivity index (χ0n) is 12.5. The van der Waals surface area contributed by atoms with Crippen molar-refractivity contribution in [3.8, 4) is 5.75 Å². The van der Waals surface area contributed by atoms with Crippen molar-refractivity contribution in [2.45, 2.75) is 11.8 Å². The highest BCUT2D eigenvalue weighted by atomic mass is 79.9. The van der Waals surface area contributed by atoms with Crippen LogP contribution in [0.5, 0.6) is 5.75 Å². The highest BCUT2D eigenvalue weighted by Gasteiger charge is 2.18. The predicted molar refractivity (Wildman–Crippen MR) is 91.2 cm³/mol. The number of carbonyl (C=O) groups excluding carboxylic acids is 1. The first-order chi connectivity index (χ1) is 10.7. The van der Waals surface area contributed by atoms with E-state index in [1.54, 1.807) is 6.07 Å². The molecule has 0 aliphatic heterocycles. The second-order valence-corrected chi connectivity index (χ2v) is 7.23. The monoisotopic (exact) mass is 398 g/mol. The second kappa shape index (κ2) is 6.69. The Morgan fingerprint density at radius 2 is 1.91 bits per heavy atom. The van der Waals surface area contributed by atoms with Crippen LogP contribution in [0.25, 0.3) is 0 Å². The number of methoxy groups -OCH3 is 1. The summed E-state index contributed by atoms with van der Waals surface area (Å²) >= 11 is 3.37. The van der Waals surface area contributed by atoms with Crippen molar-refractivity contribution in [2.75, 3.05) is 12.4 Å². The third kappa shape index (κ3) is 4.10. The quantitative estimate of drug-likeness (QED) is 0.826. The fraction of sp³-hybridized carbons (Fsp3) is 0.133. The van der Waals surface area contributed by atoms with Crippen molar-refractivity contribution < 1.29 is 17.9 Å². The van der Waals surface area contributed by atoms with Crippen LogP contribution in [0, 0.1) is 6.92 Å². The molecule has 0 unspecified atom stereocenters. The van der Waals surface area contributed by atoms with Crippen LogP contribution in [-0.4, -0.2) is 21.4 Å². The van der Waals surface area contributed by atoms with Gasteiger partial charge in [-0.15, -0.1) is 0 Å². The number of hydrogen-bond acceptors (Lipinski definition) is 4. The van der Waals surface area contributed by atoms with Gasteiger partial charge in [-0.2, -0.15) is 0 Å². The van der Waals surface area contributed by atoms with E-state index < -0.39 is 15.9 Å². The molecule has 2 aromatic carbocycles. The molecule has 0 aromatic heterocycles. The fourth-order valence-corrected chi connectivity index (χ4v) is 3.27. The Bertz CT molecular complexity index is 866. The van der Waals surface area contributed by atoms with Crippen molar-refractivity contribution in [3.05, 3.63) is 52.0 Å². The van der Waals surface area contributed by atoms with E-state index in [4.69, 9.17) is 9.88 Å². The predicted octanol–water partition coefficient (Wildman–Crippen LogP) is 2.67. The molecule has 2 aromatic rings. The third-order valence-corrected chi connectivity index (χ3v) is 4.69. The highest BCUT2D eigenvalue weighted by Crippen LogP contribution is 2.26. The summed E-state index contributed by atoms with van der Waals surface area (Å²) in [6.45, 7) is 1.93. The van der Waals surface area contributed by atoms with E-state index in [1.165, 1.54) is 25.3 Å². The Hall–Kier alpha value is -1.90. The summed E-state index contributed by atoms with van der Waals surface area (Å²) in [7, 11) is -2.68. The normalized spacial score (nSPS) is 11.1. The van der Waals surface area contributed by atoms with Crippen molar-refractivity contribution in [1.82, 2.24) is 0 Å². The molecule has 1 amide bonds. The molecule has 0 radical (unpaired) electrons. The van der Waals surface area contributed by atoms with Gasteiger partial charge in [0.25, 0.3) is 5.91 Å². The molecule has 0 bridgehead atoms. The number of hydrogen-bond donors (Lipinski definition) is 2. The van der Waals surface area contributed by atoms with E-state index in [1.807, 2.05) is 19.1 Å². The van der Waals surface area contributed by atoms with Crippen LogP contribution >= 0.6 is 15.9 Å². The summed E-state index contributed by atoms with van der Waals surface area (Å²) in [5.74, 6) is -0.373. The summed E-state index contributed by atoms with van der Waals surface area (Å²) in [6.07, 6.45) is 0. The molecule has 0 atom stereocenters. The maximum Gasteiger partial charge on any atom is 0.255 e. The standard InChI is InChI=1S/C15H15BrN2O4S/c1-9-3-5-12(11(16)7-9)18-15(19)10-4-6-13(22-2)14(8-10)23(17,20)21/h3-8H,1-2H3,(H,18,19)(H2,17,20,21). The van der Waals surface area contributed by atoms with Gasteiger partial charge in [0.1, 0.15) is 10.6 Å². The molecule has 6 nitrogen and oxygen atoms in total. The molecule has 2 rings (SSSR count). The van der Waals surface area contributed by atoms with Crippen LogP contribution < -0.4 is 15.2 Å². The summed E-state index contributed by atoms with van der Waals surface area (Å²) in [4.78, 5) is 12.1. The average Bonchev–Trinajstić information content (AvgIpc) is 2.48. The highest BCUT2D eigenvalue weighted by molar-refractivity contribution is 9.10. The molecule has 0 heterocycles. The summed E-state index contributed by atoms with van der Waals surface area (Å²) in [5, 5.41) is 7.86. The SMILES string of the molecule is COc1ccc(C(=O)Nc2ccc(C)cc2Br)cc1S(N)(=O)=O. The van der Waals surface area contributed by atoms with Crippen LogP contribution in [0.3, 0.4) is 0 Å². The Kier molecular flexibility index (Phi) is 5.08. The lowest BCUT2D eigenvalue weighted by molar-refractivity contribution is 0.102. The van der Waals surface area contributed by atoms with E-state index in [9.17, 15) is 13.2 Å². The number of anilines is 1. The Morgan fingerprint density at radius 3 is 2.48 bits per heavy atom. The number of halogens is 1. The number of rotatable bonds is 4. The number of nitrogens with two attached hydrogens (primary N) is 1. The lowest BCUT2D eigenvalue weighted by Gasteiger charge is -2.11.